The number of carboxylic acid groups (broad SMARTS) is 1. The third-order valence-corrected chi connectivity index (χ3v) is 1.85. The summed E-state index contributed by atoms with van der Waals surface area (Å²) in [6, 6.07) is 0. The summed E-state index contributed by atoms with van der Waals surface area (Å²) in [6.45, 7) is 1.30. The molecule has 0 atom stereocenters. The van der Waals surface area contributed by atoms with Gasteiger partial charge < -0.3 is 5.11 Å². The zero-order chi connectivity index (χ0) is 12.1. The highest BCUT2D eigenvalue weighted by Gasteiger charge is 2.14. The van der Waals surface area contributed by atoms with Gasteiger partial charge in [0, 0.05) is 13.2 Å². The molecule has 1 heterocycles. The maximum absolute atomic E-state index is 11.5. The van der Waals surface area contributed by atoms with Crippen LogP contribution in [0.5, 0.6) is 0 Å². The van der Waals surface area contributed by atoms with Crippen molar-refractivity contribution in [3.05, 3.63) is 17.5 Å². The Labute approximate surface area is 92.0 Å². The number of hydroxylamine groups is 1. The van der Waals surface area contributed by atoms with Crippen molar-refractivity contribution >= 4 is 11.9 Å². The number of aromatic nitrogens is 2. The molecule has 0 aliphatic carbocycles. The molecule has 0 radical (unpaired) electrons. The van der Waals surface area contributed by atoms with E-state index < -0.39 is 18.5 Å². The van der Waals surface area contributed by atoms with Crippen LogP contribution in [-0.4, -0.2) is 33.4 Å². The lowest BCUT2D eigenvalue weighted by molar-refractivity contribution is -0.144. The molecule has 88 valence electrons. The average Bonchev–Trinajstić information content (AvgIpc) is 2.59. The molecule has 0 aliphatic rings. The number of aryl methyl sites for hydroxylation is 2. The van der Waals surface area contributed by atoms with Gasteiger partial charge in [-0.25, -0.2) is 10.3 Å². The van der Waals surface area contributed by atoms with Gasteiger partial charge in [-0.1, -0.05) is 6.92 Å². The van der Waals surface area contributed by atoms with Gasteiger partial charge in [0.1, 0.15) is 0 Å². The summed E-state index contributed by atoms with van der Waals surface area (Å²) < 4.78 is 1.52. The lowest BCUT2D eigenvalue weighted by atomic mass is 10.2. The second-order valence-corrected chi connectivity index (χ2v) is 3.13. The van der Waals surface area contributed by atoms with Crippen LogP contribution in [0.4, 0.5) is 0 Å². The van der Waals surface area contributed by atoms with Gasteiger partial charge in [0.05, 0.1) is 11.3 Å². The van der Waals surface area contributed by atoms with Crippen molar-refractivity contribution in [1.82, 2.24) is 15.3 Å². The summed E-state index contributed by atoms with van der Waals surface area (Å²) in [5.74, 6) is -1.64. The Morgan fingerprint density at radius 1 is 1.62 bits per heavy atom. The third kappa shape index (κ3) is 3.06. The highest BCUT2D eigenvalue weighted by atomic mass is 16.7. The fourth-order valence-electron chi connectivity index (χ4n) is 1.20. The maximum Gasteiger partial charge on any atom is 0.332 e. The number of carboxylic acids is 1. The molecule has 1 aromatic rings. The van der Waals surface area contributed by atoms with E-state index in [1.165, 1.54) is 4.68 Å². The number of amides is 1. The predicted molar refractivity (Wildman–Crippen MR) is 53.6 cm³/mol. The van der Waals surface area contributed by atoms with Crippen molar-refractivity contribution in [2.75, 3.05) is 6.61 Å². The van der Waals surface area contributed by atoms with E-state index >= 15 is 0 Å². The van der Waals surface area contributed by atoms with E-state index in [1.807, 2.05) is 12.4 Å². The van der Waals surface area contributed by atoms with Crippen molar-refractivity contribution < 1.29 is 19.5 Å². The lowest BCUT2D eigenvalue weighted by Gasteiger charge is -2.02. The molecule has 7 heteroatoms. The zero-order valence-electron chi connectivity index (χ0n) is 9.06. The molecule has 0 bridgehead atoms. The summed E-state index contributed by atoms with van der Waals surface area (Å²) in [7, 11) is 1.70. The molecular formula is C9H13N3O4. The second-order valence-electron chi connectivity index (χ2n) is 3.13. The van der Waals surface area contributed by atoms with Crippen molar-refractivity contribution in [3.8, 4) is 0 Å². The Bertz CT molecular complexity index is 399. The minimum atomic E-state index is -1.15. The molecule has 2 N–H and O–H groups in total. The van der Waals surface area contributed by atoms with Crippen molar-refractivity contribution in [3.63, 3.8) is 0 Å². The minimum absolute atomic E-state index is 0.385. The minimum Gasteiger partial charge on any atom is -0.479 e. The van der Waals surface area contributed by atoms with Gasteiger partial charge in [-0.05, 0) is 6.42 Å². The Hall–Kier alpha value is -1.89. The molecule has 1 rings (SSSR count). The van der Waals surface area contributed by atoms with Crippen LogP contribution >= 0.6 is 0 Å². The summed E-state index contributed by atoms with van der Waals surface area (Å²) in [5.41, 5.74) is 3.07. The fraction of sp³-hybridized carbons (Fsp3) is 0.444. The highest BCUT2D eigenvalue weighted by molar-refractivity contribution is 5.94. The fourth-order valence-corrected chi connectivity index (χ4v) is 1.20. The first-order valence-electron chi connectivity index (χ1n) is 4.71. The van der Waals surface area contributed by atoms with Gasteiger partial charge in [-0.3, -0.25) is 14.3 Å². The standard InChI is InChI=1S/C9H13N3O4/c1-3-7-6(4-12(2)10-7)9(15)11-16-5-8(13)14/h4H,3,5H2,1-2H3,(H,11,15)(H,13,14). The van der Waals surface area contributed by atoms with Crippen LogP contribution in [0.3, 0.4) is 0 Å². The van der Waals surface area contributed by atoms with Crippen LogP contribution in [-0.2, 0) is 23.1 Å². The van der Waals surface area contributed by atoms with Crippen molar-refractivity contribution in [2.45, 2.75) is 13.3 Å². The molecule has 0 fully saturated rings. The normalized spacial score (nSPS) is 10.1. The van der Waals surface area contributed by atoms with Gasteiger partial charge in [0.2, 0.25) is 0 Å². The Morgan fingerprint density at radius 3 is 2.88 bits per heavy atom. The molecular weight excluding hydrogens is 214 g/mol. The van der Waals surface area contributed by atoms with Crippen LogP contribution in [0.15, 0.2) is 6.20 Å². The number of nitrogens with zero attached hydrogens (tertiary/aromatic N) is 2. The highest BCUT2D eigenvalue weighted by Crippen LogP contribution is 2.06. The Morgan fingerprint density at radius 2 is 2.31 bits per heavy atom. The summed E-state index contributed by atoms with van der Waals surface area (Å²) >= 11 is 0. The van der Waals surface area contributed by atoms with E-state index in [4.69, 9.17) is 5.11 Å². The molecule has 1 aromatic heterocycles. The summed E-state index contributed by atoms with van der Waals surface area (Å²) in [5, 5.41) is 12.4. The van der Waals surface area contributed by atoms with Crippen LogP contribution < -0.4 is 5.48 Å². The zero-order valence-corrected chi connectivity index (χ0v) is 9.06. The van der Waals surface area contributed by atoms with E-state index in [1.54, 1.807) is 13.2 Å². The molecule has 0 saturated carbocycles. The van der Waals surface area contributed by atoms with Gasteiger partial charge in [0.15, 0.2) is 6.61 Å². The van der Waals surface area contributed by atoms with E-state index in [9.17, 15) is 9.59 Å². The molecule has 7 nitrogen and oxygen atoms in total. The summed E-state index contributed by atoms with van der Waals surface area (Å²) in [4.78, 5) is 26.2. The first-order valence-corrected chi connectivity index (χ1v) is 4.71. The monoisotopic (exact) mass is 227 g/mol. The molecule has 0 spiro atoms. The van der Waals surface area contributed by atoms with Gasteiger partial charge in [-0.2, -0.15) is 5.10 Å². The molecule has 0 unspecified atom stereocenters. The van der Waals surface area contributed by atoms with E-state index in [0.29, 0.717) is 17.7 Å². The molecule has 0 saturated heterocycles. The van der Waals surface area contributed by atoms with Crippen molar-refractivity contribution in [1.29, 1.82) is 0 Å². The van der Waals surface area contributed by atoms with Crippen LogP contribution in [0.1, 0.15) is 23.0 Å². The van der Waals surface area contributed by atoms with Crippen LogP contribution in [0, 0.1) is 0 Å². The third-order valence-electron chi connectivity index (χ3n) is 1.85. The van der Waals surface area contributed by atoms with E-state index in [-0.39, 0.29) is 0 Å². The number of nitrogens with one attached hydrogen (secondary N) is 1. The Kier molecular flexibility index (Phi) is 4.01. The first kappa shape index (κ1) is 12.2. The van der Waals surface area contributed by atoms with E-state index in [0.717, 1.165) is 0 Å². The number of hydrogen-bond acceptors (Lipinski definition) is 4. The number of aliphatic carboxylic acids is 1. The van der Waals surface area contributed by atoms with Gasteiger partial charge in [0.25, 0.3) is 5.91 Å². The second kappa shape index (κ2) is 5.26. The van der Waals surface area contributed by atoms with Gasteiger partial charge in [-0.15, -0.1) is 0 Å². The number of carbonyl (C=O) groups is 2. The number of rotatable bonds is 5. The maximum atomic E-state index is 11.5. The molecule has 0 aromatic carbocycles. The topological polar surface area (TPSA) is 93.5 Å². The molecule has 16 heavy (non-hydrogen) atoms. The number of hydrogen-bond donors (Lipinski definition) is 2. The molecule has 0 aliphatic heterocycles. The van der Waals surface area contributed by atoms with E-state index in [2.05, 4.69) is 9.94 Å². The molecule has 1 amide bonds. The lowest BCUT2D eigenvalue weighted by Crippen LogP contribution is -2.27. The summed E-state index contributed by atoms with van der Waals surface area (Å²) in [6.07, 6.45) is 2.17. The SMILES string of the molecule is CCc1nn(C)cc1C(=O)NOCC(=O)O. The number of carbonyl (C=O) groups excluding carboxylic acids is 1. The Balaban J connectivity index is 2.61. The average molecular weight is 227 g/mol. The van der Waals surface area contributed by atoms with Gasteiger partial charge >= 0.3 is 5.97 Å². The smallest absolute Gasteiger partial charge is 0.332 e. The predicted octanol–water partition coefficient (Wildman–Crippen LogP) is -0.272. The van der Waals surface area contributed by atoms with Crippen LogP contribution in [0.2, 0.25) is 0 Å². The van der Waals surface area contributed by atoms with Crippen molar-refractivity contribution in [2.24, 2.45) is 7.05 Å². The first-order chi connectivity index (χ1) is 7.54. The van der Waals surface area contributed by atoms with Crippen LogP contribution in [0.25, 0.3) is 0 Å². The quantitative estimate of drug-likeness (QED) is 0.675. The largest absolute Gasteiger partial charge is 0.479 e.